The van der Waals surface area contributed by atoms with Crippen LogP contribution in [-0.4, -0.2) is 26.1 Å². The van der Waals surface area contributed by atoms with Gasteiger partial charge in [0.25, 0.3) is 0 Å². The first-order chi connectivity index (χ1) is 8.59. The van der Waals surface area contributed by atoms with Crippen LogP contribution in [0.25, 0.3) is 11.3 Å². The van der Waals surface area contributed by atoms with Crippen LogP contribution in [0.2, 0.25) is 0 Å². The Labute approximate surface area is 105 Å². The molecule has 0 radical (unpaired) electrons. The van der Waals surface area contributed by atoms with Crippen molar-refractivity contribution in [2.45, 2.75) is 20.4 Å². The van der Waals surface area contributed by atoms with Crippen LogP contribution >= 0.6 is 0 Å². The van der Waals surface area contributed by atoms with Crippen LogP contribution in [0.4, 0.5) is 0 Å². The molecule has 5 heteroatoms. The van der Waals surface area contributed by atoms with Crippen molar-refractivity contribution in [3.05, 3.63) is 36.0 Å². The fraction of sp³-hybridized carbons (Fsp3) is 0.308. The third-order valence-electron chi connectivity index (χ3n) is 2.52. The molecule has 1 N–H and O–H groups in total. The minimum atomic E-state index is -1.05. The molecule has 0 aliphatic carbocycles. The van der Waals surface area contributed by atoms with Crippen molar-refractivity contribution in [1.29, 1.82) is 0 Å². The van der Waals surface area contributed by atoms with E-state index in [1.54, 1.807) is 4.68 Å². The average Bonchev–Trinajstić information content (AvgIpc) is 2.73. The Morgan fingerprint density at radius 2 is 2.00 bits per heavy atom. The second-order valence-corrected chi connectivity index (χ2v) is 4.53. The molecule has 18 heavy (non-hydrogen) atoms. The molecule has 2 aromatic rings. The van der Waals surface area contributed by atoms with Crippen molar-refractivity contribution in [2.75, 3.05) is 0 Å². The van der Waals surface area contributed by atoms with E-state index in [0.717, 1.165) is 5.56 Å². The van der Waals surface area contributed by atoms with Gasteiger partial charge in [-0.25, -0.2) is 9.48 Å². The Balaban J connectivity index is 2.54. The number of hydrogen-bond donors (Lipinski definition) is 1. The normalized spacial score (nSPS) is 10.8. The highest BCUT2D eigenvalue weighted by molar-refractivity contribution is 5.92. The standard InChI is InChI=1S/C13H15N3O2/c1-9(2)8-16-12(10-6-4-3-5-7-10)11(13(17)18)14-15-16/h3-7,9H,8H2,1-2H3,(H,17,18). The van der Waals surface area contributed by atoms with E-state index in [-0.39, 0.29) is 5.69 Å². The summed E-state index contributed by atoms with van der Waals surface area (Å²) in [6, 6.07) is 9.35. The van der Waals surface area contributed by atoms with Crippen LogP contribution in [0.15, 0.2) is 30.3 Å². The van der Waals surface area contributed by atoms with Gasteiger partial charge in [-0.3, -0.25) is 0 Å². The lowest BCUT2D eigenvalue weighted by molar-refractivity contribution is 0.0691. The molecule has 0 bridgehead atoms. The zero-order valence-electron chi connectivity index (χ0n) is 10.4. The van der Waals surface area contributed by atoms with E-state index in [0.29, 0.717) is 18.2 Å². The molecule has 1 heterocycles. The SMILES string of the molecule is CC(C)Cn1nnc(C(=O)O)c1-c1ccccc1. The molecule has 0 atom stereocenters. The lowest BCUT2D eigenvalue weighted by Crippen LogP contribution is -2.09. The highest BCUT2D eigenvalue weighted by Crippen LogP contribution is 2.22. The number of hydrogen-bond acceptors (Lipinski definition) is 3. The fourth-order valence-electron chi connectivity index (χ4n) is 1.81. The highest BCUT2D eigenvalue weighted by Gasteiger charge is 2.20. The van der Waals surface area contributed by atoms with Crippen molar-refractivity contribution >= 4 is 5.97 Å². The van der Waals surface area contributed by atoms with E-state index in [4.69, 9.17) is 5.11 Å². The van der Waals surface area contributed by atoms with Gasteiger partial charge in [0, 0.05) is 12.1 Å². The predicted molar refractivity (Wildman–Crippen MR) is 67.3 cm³/mol. The Kier molecular flexibility index (Phi) is 3.41. The van der Waals surface area contributed by atoms with Crippen LogP contribution in [0.5, 0.6) is 0 Å². The molecule has 2 rings (SSSR count). The third-order valence-corrected chi connectivity index (χ3v) is 2.52. The molecule has 0 aliphatic heterocycles. The van der Waals surface area contributed by atoms with E-state index in [9.17, 15) is 4.79 Å². The molecule has 1 aromatic heterocycles. The summed E-state index contributed by atoms with van der Waals surface area (Å²) in [5.41, 5.74) is 1.39. The topological polar surface area (TPSA) is 68.0 Å². The van der Waals surface area contributed by atoms with Gasteiger partial charge in [0.1, 0.15) is 5.69 Å². The Morgan fingerprint density at radius 3 is 2.56 bits per heavy atom. The first-order valence-corrected chi connectivity index (χ1v) is 5.81. The molecule has 0 unspecified atom stereocenters. The summed E-state index contributed by atoms with van der Waals surface area (Å²) < 4.78 is 1.66. The molecule has 94 valence electrons. The van der Waals surface area contributed by atoms with Gasteiger partial charge in [-0.1, -0.05) is 49.4 Å². The summed E-state index contributed by atoms with van der Waals surface area (Å²) in [5, 5.41) is 16.9. The molecule has 0 amide bonds. The van der Waals surface area contributed by atoms with E-state index in [1.807, 2.05) is 30.3 Å². The van der Waals surface area contributed by atoms with E-state index in [1.165, 1.54) is 0 Å². The fourth-order valence-corrected chi connectivity index (χ4v) is 1.81. The molecule has 0 spiro atoms. The number of carboxylic acids is 1. The van der Waals surface area contributed by atoms with Crippen molar-refractivity contribution in [2.24, 2.45) is 5.92 Å². The van der Waals surface area contributed by atoms with Crippen molar-refractivity contribution in [1.82, 2.24) is 15.0 Å². The van der Waals surface area contributed by atoms with Crippen molar-refractivity contribution < 1.29 is 9.90 Å². The lowest BCUT2D eigenvalue weighted by atomic mass is 10.1. The first kappa shape index (κ1) is 12.3. The molecular weight excluding hydrogens is 230 g/mol. The summed E-state index contributed by atoms with van der Waals surface area (Å²) >= 11 is 0. The summed E-state index contributed by atoms with van der Waals surface area (Å²) in [5.74, 6) is -0.681. The maximum Gasteiger partial charge on any atom is 0.358 e. The number of carboxylic acid groups (broad SMARTS) is 1. The number of nitrogens with zero attached hydrogens (tertiary/aromatic N) is 3. The van der Waals surface area contributed by atoms with Crippen LogP contribution in [-0.2, 0) is 6.54 Å². The van der Waals surface area contributed by atoms with Crippen LogP contribution in [0, 0.1) is 5.92 Å². The smallest absolute Gasteiger partial charge is 0.358 e. The van der Waals surface area contributed by atoms with E-state index < -0.39 is 5.97 Å². The maximum atomic E-state index is 11.2. The predicted octanol–water partition coefficient (Wildman–Crippen LogP) is 2.30. The molecule has 0 fully saturated rings. The summed E-state index contributed by atoms with van der Waals surface area (Å²) in [6.07, 6.45) is 0. The van der Waals surface area contributed by atoms with Gasteiger partial charge >= 0.3 is 5.97 Å². The minimum absolute atomic E-state index is 0.00171. The second-order valence-electron chi connectivity index (χ2n) is 4.53. The second kappa shape index (κ2) is 5.00. The first-order valence-electron chi connectivity index (χ1n) is 5.81. The van der Waals surface area contributed by atoms with Gasteiger partial charge < -0.3 is 5.11 Å². The Morgan fingerprint density at radius 1 is 1.33 bits per heavy atom. The number of aromatic carboxylic acids is 1. The summed E-state index contributed by atoms with van der Waals surface area (Å²) in [6.45, 7) is 4.75. The van der Waals surface area contributed by atoms with Crippen LogP contribution < -0.4 is 0 Å². The van der Waals surface area contributed by atoms with Gasteiger partial charge in [0.05, 0.1) is 0 Å². The third kappa shape index (κ3) is 2.40. The van der Waals surface area contributed by atoms with Crippen molar-refractivity contribution in [3.8, 4) is 11.3 Å². The Bertz CT molecular complexity index is 547. The van der Waals surface area contributed by atoms with Crippen LogP contribution in [0.1, 0.15) is 24.3 Å². The minimum Gasteiger partial charge on any atom is -0.476 e. The number of aromatic nitrogens is 3. The summed E-state index contributed by atoms with van der Waals surface area (Å²) in [4.78, 5) is 11.2. The highest BCUT2D eigenvalue weighted by atomic mass is 16.4. The van der Waals surface area contributed by atoms with Gasteiger partial charge in [-0.15, -0.1) is 5.10 Å². The largest absolute Gasteiger partial charge is 0.476 e. The average molecular weight is 245 g/mol. The zero-order valence-corrected chi connectivity index (χ0v) is 10.4. The van der Waals surface area contributed by atoms with Crippen LogP contribution in [0.3, 0.4) is 0 Å². The quantitative estimate of drug-likeness (QED) is 0.897. The molecule has 0 saturated heterocycles. The number of rotatable bonds is 4. The monoisotopic (exact) mass is 245 g/mol. The summed E-state index contributed by atoms with van der Waals surface area (Å²) in [7, 11) is 0. The lowest BCUT2D eigenvalue weighted by Gasteiger charge is -2.09. The zero-order chi connectivity index (χ0) is 13.1. The van der Waals surface area contributed by atoms with E-state index in [2.05, 4.69) is 24.2 Å². The van der Waals surface area contributed by atoms with Gasteiger partial charge in [-0.05, 0) is 5.92 Å². The van der Waals surface area contributed by atoms with Gasteiger partial charge in [0.2, 0.25) is 0 Å². The van der Waals surface area contributed by atoms with E-state index >= 15 is 0 Å². The molecule has 0 aliphatic rings. The maximum absolute atomic E-state index is 11.2. The van der Waals surface area contributed by atoms with Gasteiger partial charge in [-0.2, -0.15) is 0 Å². The molecular formula is C13H15N3O2. The van der Waals surface area contributed by atoms with Gasteiger partial charge in [0.15, 0.2) is 5.69 Å². The Hall–Kier alpha value is -2.17. The number of carbonyl (C=O) groups is 1. The molecule has 5 nitrogen and oxygen atoms in total. The molecule has 1 aromatic carbocycles. The van der Waals surface area contributed by atoms with Crippen molar-refractivity contribution in [3.63, 3.8) is 0 Å². The molecule has 0 saturated carbocycles. The number of benzene rings is 1.